The summed E-state index contributed by atoms with van der Waals surface area (Å²) in [4.78, 5) is 8.79. The maximum absolute atomic E-state index is 6.10. The largest absolute Gasteiger partial charge is 0.367 e. The van der Waals surface area contributed by atoms with Crippen LogP contribution in [0.15, 0.2) is 0 Å². The molecule has 4 heteroatoms. The molecule has 0 fully saturated rings. The molecule has 0 saturated heterocycles. The third-order valence-electron chi connectivity index (χ3n) is 2.62. The molecule has 0 spiro atoms. The fraction of sp³-hybridized carbons (Fsp3) is 0.667. The predicted octanol–water partition coefficient (Wildman–Crippen LogP) is 3.77. The van der Waals surface area contributed by atoms with Gasteiger partial charge in [-0.1, -0.05) is 32.4 Å². The molecule has 0 aliphatic carbocycles. The Morgan fingerprint density at radius 1 is 1.25 bits per heavy atom. The number of hydrogen-bond acceptors (Lipinski definition) is 3. The molecule has 1 unspecified atom stereocenters. The van der Waals surface area contributed by atoms with E-state index in [1.165, 1.54) is 0 Å². The summed E-state index contributed by atoms with van der Waals surface area (Å²) in [6.07, 6.45) is 1.05. The van der Waals surface area contributed by atoms with Gasteiger partial charge in [-0.2, -0.15) is 0 Å². The number of hydrogen-bond donors (Lipinski definition) is 1. The first-order valence-electron chi connectivity index (χ1n) is 5.76. The number of halogens is 1. The summed E-state index contributed by atoms with van der Waals surface area (Å²) in [5.41, 5.74) is 0.923. The molecule has 3 nitrogen and oxygen atoms in total. The molecule has 1 heterocycles. The van der Waals surface area contributed by atoms with Crippen molar-refractivity contribution in [1.29, 1.82) is 0 Å². The van der Waals surface area contributed by atoms with Crippen LogP contribution >= 0.6 is 11.6 Å². The summed E-state index contributed by atoms with van der Waals surface area (Å²) in [6, 6.07) is 0.393. The van der Waals surface area contributed by atoms with Crippen molar-refractivity contribution >= 4 is 17.4 Å². The Morgan fingerprint density at radius 3 is 2.38 bits per heavy atom. The number of rotatable bonds is 4. The predicted molar refractivity (Wildman–Crippen MR) is 69.2 cm³/mol. The van der Waals surface area contributed by atoms with Gasteiger partial charge >= 0.3 is 0 Å². The quantitative estimate of drug-likeness (QED) is 0.816. The summed E-state index contributed by atoms with van der Waals surface area (Å²) in [7, 11) is 0. The molecule has 90 valence electrons. The zero-order valence-electron chi connectivity index (χ0n) is 10.6. The molecule has 1 aromatic heterocycles. The molecule has 1 N–H and O–H groups in total. The van der Waals surface area contributed by atoms with Crippen LogP contribution in [0.2, 0.25) is 5.15 Å². The Bertz CT molecular complexity index is 364. The lowest BCUT2D eigenvalue weighted by molar-refractivity contribution is 0.738. The Morgan fingerprint density at radius 2 is 1.88 bits per heavy atom. The second-order valence-electron chi connectivity index (χ2n) is 4.45. The number of nitrogens with zero attached hydrogens (tertiary/aromatic N) is 2. The maximum atomic E-state index is 6.10. The minimum atomic E-state index is 0.288. The zero-order chi connectivity index (χ0) is 12.3. The fourth-order valence-corrected chi connectivity index (χ4v) is 1.42. The molecule has 0 saturated carbocycles. The first kappa shape index (κ1) is 13.2. The Kier molecular flexibility index (Phi) is 4.54. The van der Waals surface area contributed by atoms with Crippen molar-refractivity contribution in [3.63, 3.8) is 0 Å². The fourth-order valence-electron chi connectivity index (χ4n) is 1.24. The highest BCUT2D eigenvalue weighted by molar-refractivity contribution is 6.30. The average Bonchev–Trinajstić information content (AvgIpc) is 2.23. The van der Waals surface area contributed by atoms with E-state index in [-0.39, 0.29) is 5.92 Å². The van der Waals surface area contributed by atoms with Gasteiger partial charge in [-0.15, -0.1) is 0 Å². The summed E-state index contributed by atoms with van der Waals surface area (Å²) in [5, 5.41) is 3.91. The first-order chi connectivity index (χ1) is 7.45. The lowest BCUT2D eigenvalue weighted by atomic mass is 10.2. The molecule has 0 aliphatic rings. The van der Waals surface area contributed by atoms with Crippen LogP contribution in [0.3, 0.4) is 0 Å². The second kappa shape index (κ2) is 5.48. The van der Waals surface area contributed by atoms with E-state index in [1.54, 1.807) is 0 Å². The lowest BCUT2D eigenvalue weighted by Crippen LogP contribution is -2.17. The van der Waals surface area contributed by atoms with Crippen LogP contribution in [0.25, 0.3) is 0 Å². The van der Waals surface area contributed by atoms with Crippen molar-refractivity contribution in [1.82, 2.24) is 9.97 Å². The number of nitrogens with one attached hydrogen (secondary N) is 1. The second-order valence-corrected chi connectivity index (χ2v) is 4.81. The highest BCUT2D eigenvalue weighted by Crippen LogP contribution is 2.23. The molecule has 0 bridgehead atoms. The van der Waals surface area contributed by atoms with E-state index in [4.69, 9.17) is 11.6 Å². The summed E-state index contributed by atoms with van der Waals surface area (Å²) < 4.78 is 0. The minimum Gasteiger partial charge on any atom is -0.367 e. The van der Waals surface area contributed by atoms with Gasteiger partial charge in [0.05, 0.1) is 0 Å². The normalized spacial score (nSPS) is 12.9. The molecule has 1 rings (SSSR count). The van der Waals surface area contributed by atoms with Crippen LogP contribution in [-0.4, -0.2) is 16.0 Å². The van der Waals surface area contributed by atoms with E-state index in [1.807, 2.05) is 6.92 Å². The van der Waals surface area contributed by atoms with Gasteiger partial charge in [0.1, 0.15) is 16.8 Å². The van der Waals surface area contributed by atoms with Crippen LogP contribution in [0.5, 0.6) is 0 Å². The molecule has 0 aromatic carbocycles. The molecular weight excluding hydrogens is 222 g/mol. The van der Waals surface area contributed by atoms with Crippen LogP contribution < -0.4 is 5.32 Å². The standard InChI is InChI=1S/C12H20ClN3/c1-6-8(4)14-12-9(5)10(13)15-11(16-12)7(2)3/h7-8H,6H2,1-5H3,(H,14,15,16). The minimum absolute atomic E-state index is 0.288. The van der Waals surface area contributed by atoms with Gasteiger partial charge in [-0.05, 0) is 20.3 Å². The zero-order valence-corrected chi connectivity index (χ0v) is 11.4. The maximum Gasteiger partial charge on any atom is 0.137 e. The number of anilines is 1. The van der Waals surface area contributed by atoms with Crippen LogP contribution in [-0.2, 0) is 0 Å². The lowest BCUT2D eigenvalue weighted by Gasteiger charge is -2.16. The van der Waals surface area contributed by atoms with Crippen molar-refractivity contribution in [2.24, 2.45) is 0 Å². The van der Waals surface area contributed by atoms with Gasteiger partial charge in [0.15, 0.2) is 0 Å². The monoisotopic (exact) mass is 241 g/mol. The molecular formula is C12H20ClN3. The SMILES string of the molecule is CCC(C)Nc1nc(C(C)C)nc(Cl)c1C. The van der Waals surface area contributed by atoms with Gasteiger partial charge in [-0.3, -0.25) is 0 Å². The summed E-state index contributed by atoms with van der Waals surface area (Å²) in [5.74, 6) is 1.94. The third kappa shape index (κ3) is 3.08. The van der Waals surface area contributed by atoms with Crippen LogP contribution in [0.4, 0.5) is 5.82 Å². The van der Waals surface area contributed by atoms with E-state index in [2.05, 4.69) is 43.0 Å². The van der Waals surface area contributed by atoms with E-state index in [0.717, 1.165) is 23.6 Å². The molecule has 0 aliphatic heterocycles. The topological polar surface area (TPSA) is 37.8 Å². The summed E-state index contributed by atoms with van der Waals surface area (Å²) in [6.45, 7) is 10.3. The molecule has 1 atom stereocenters. The van der Waals surface area contributed by atoms with Crippen molar-refractivity contribution < 1.29 is 0 Å². The molecule has 0 radical (unpaired) electrons. The summed E-state index contributed by atoms with van der Waals surface area (Å²) >= 11 is 6.10. The van der Waals surface area contributed by atoms with Gasteiger partial charge in [0.25, 0.3) is 0 Å². The van der Waals surface area contributed by atoms with Crippen molar-refractivity contribution in [2.75, 3.05) is 5.32 Å². The van der Waals surface area contributed by atoms with Gasteiger partial charge in [0, 0.05) is 17.5 Å². The van der Waals surface area contributed by atoms with Crippen LogP contribution in [0.1, 0.15) is 51.4 Å². The van der Waals surface area contributed by atoms with Gasteiger partial charge < -0.3 is 5.32 Å². The highest BCUT2D eigenvalue weighted by atomic mass is 35.5. The van der Waals surface area contributed by atoms with Crippen LogP contribution in [0, 0.1) is 6.92 Å². The number of aromatic nitrogens is 2. The Labute approximate surface area is 103 Å². The molecule has 1 aromatic rings. The van der Waals surface area contributed by atoms with Crippen molar-refractivity contribution in [2.45, 2.75) is 53.0 Å². The molecule has 16 heavy (non-hydrogen) atoms. The van der Waals surface area contributed by atoms with E-state index in [0.29, 0.717) is 11.2 Å². The average molecular weight is 242 g/mol. The Balaban J connectivity index is 3.06. The molecule has 0 amide bonds. The Hall–Kier alpha value is -0.830. The third-order valence-corrected chi connectivity index (χ3v) is 2.98. The van der Waals surface area contributed by atoms with E-state index < -0.39 is 0 Å². The first-order valence-corrected chi connectivity index (χ1v) is 6.14. The van der Waals surface area contributed by atoms with Crippen molar-refractivity contribution in [3.8, 4) is 0 Å². The van der Waals surface area contributed by atoms with Crippen molar-refractivity contribution in [3.05, 3.63) is 16.5 Å². The highest BCUT2D eigenvalue weighted by Gasteiger charge is 2.12. The van der Waals surface area contributed by atoms with Gasteiger partial charge in [-0.25, -0.2) is 9.97 Å². The van der Waals surface area contributed by atoms with E-state index >= 15 is 0 Å². The van der Waals surface area contributed by atoms with E-state index in [9.17, 15) is 0 Å². The smallest absolute Gasteiger partial charge is 0.137 e. The van der Waals surface area contributed by atoms with Gasteiger partial charge in [0.2, 0.25) is 0 Å².